The van der Waals surface area contributed by atoms with Gasteiger partial charge in [-0.15, -0.1) is 17.9 Å². The molecule has 0 radical (unpaired) electrons. The zero-order valence-corrected chi connectivity index (χ0v) is 11.8. The lowest BCUT2D eigenvalue weighted by Crippen LogP contribution is -2.38. The van der Waals surface area contributed by atoms with Crippen LogP contribution in [0, 0.1) is 0 Å². The molecule has 0 fully saturated rings. The predicted octanol–water partition coefficient (Wildman–Crippen LogP) is 3.14. The largest absolute Gasteiger partial charge is 0.366 e. The molecule has 0 aromatic heterocycles. The second-order valence-corrected chi connectivity index (χ2v) is 4.36. The van der Waals surface area contributed by atoms with Gasteiger partial charge in [0, 0.05) is 6.08 Å². The minimum atomic E-state index is -0.480. The van der Waals surface area contributed by atoms with Crippen molar-refractivity contribution >= 4 is 18.4 Å². The Labute approximate surface area is 115 Å². The van der Waals surface area contributed by atoms with E-state index in [0.29, 0.717) is 0 Å². The fraction of sp³-hybridized carbons (Fsp3) is 0.357. The smallest absolute Gasteiger partial charge is 0.348 e. The standard InChI is InChI=1S/C14H19NO2.ClH/c1-5-11-9-7-8-10-12(11)14(3,4)15-17-13(16)6-2;/h6-10,15H,2,5H2,1,3-4H3;1H. The summed E-state index contributed by atoms with van der Waals surface area (Å²) in [6.45, 7) is 9.40. The van der Waals surface area contributed by atoms with E-state index < -0.39 is 11.5 Å². The Morgan fingerprint density at radius 3 is 2.61 bits per heavy atom. The number of nitrogens with one attached hydrogen (secondary N) is 1. The molecule has 1 N–H and O–H groups in total. The molecule has 0 amide bonds. The van der Waals surface area contributed by atoms with E-state index >= 15 is 0 Å². The summed E-state index contributed by atoms with van der Waals surface area (Å²) in [5, 5.41) is 0. The average Bonchev–Trinajstić information content (AvgIpc) is 2.35. The molecule has 0 atom stereocenters. The Kier molecular flexibility index (Phi) is 6.66. The van der Waals surface area contributed by atoms with Crippen LogP contribution in [0.2, 0.25) is 0 Å². The van der Waals surface area contributed by atoms with Gasteiger partial charge in [-0.05, 0) is 31.4 Å². The summed E-state index contributed by atoms with van der Waals surface area (Å²) in [5.74, 6) is -0.480. The van der Waals surface area contributed by atoms with E-state index in [-0.39, 0.29) is 12.4 Å². The summed E-state index contributed by atoms with van der Waals surface area (Å²) >= 11 is 0. The Hall–Kier alpha value is -1.32. The normalized spacial score (nSPS) is 10.4. The van der Waals surface area contributed by atoms with Crippen LogP contribution in [-0.4, -0.2) is 5.97 Å². The number of benzene rings is 1. The third kappa shape index (κ3) is 4.17. The van der Waals surface area contributed by atoms with Gasteiger partial charge in [-0.2, -0.15) is 0 Å². The third-order valence-electron chi connectivity index (χ3n) is 2.65. The molecule has 0 spiro atoms. The van der Waals surface area contributed by atoms with Gasteiger partial charge in [-0.1, -0.05) is 37.8 Å². The van der Waals surface area contributed by atoms with Crippen molar-refractivity contribution in [3.05, 3.63) is 48.0 Å². The molecule has 0 unspecified atom stereocenters. The van der Waals surface area contributed by atoms with Gasteiger partial charge in [-0.25, -0.2) is 4.79 Å². The average molecular weight is 270 g/mol. The first kappa shape index (κ1) is 16.7. The summed E-state index contributed by atoms with van der Waals surface area (Å²) < 4.78 is 0. The molecule has 18 heavy (non-hydrogen) atoms. The van der Waals surface area contributed by atoms with Crippen molar-refractivity contribution in [1.29, 1.82) is 0 Å². The van der Waals surface area contributed by atoms with E-state index in [9.17, 15) is 4.79 Å². The number of hydrogen-bond acceptors (Lipinski definition) is 3. The second-order valence-electron chi connectivity index (χ2n) is 4.36. The molecular weight excluding hydrogens is 250 g/mol. The van der Waals surface area contributed by atoms with E-state index in [1.807, 2.05) is 32.0 Å². The van der Waals surface area contributed by atoms with Crippen LogP contribution in [-0.2, 0) is 21.6 Å². The number of hydroxylamine groups is 1. The third-order valence-corrected chi connectivity index (χ3v) is 2.65. The van der Waals surface area contributed by atoms with Crippen LogP contribution in [0.5, 0.6) is 0 Å². The molecule has 1 aromatic rings. The van der Waals surface area contributed by atoms with Crippen LogP contribution >= 0.6 is 12.4 Å². The Morgan fingerprint density at radius 1 is 1.44 bits per heavy atom. The molecule has 100 valence electrons. The van der Waals surface area contributed by atoms with Gasteiger partial charge in [0.25, 0.3) is 0 Å². The molecule has 4 heteroatoms. The van der Waals surface area contributed by atoms with Crippen LogP contribution in [0.15, 0.2) is 36.9 Å². The summed E-state index contributed by atoms with van der Waals surface area (Å²) in [5.41, 5.74) is 4.71. The van der Waals surface area contributed by atoms with Crippen LogP contribution in [0.4, 0.5) is 0 Å². The number of aryl methyl sites for hydroxylation is 1. The van der Waals surface area contributed by atoms with Crippen molar-refractivity contribution in [1.82, 2.24) is 5.48 Å². The fourth-order valence-electron chi connectivity index (χ4n) is 1.71. The van der Waals surface area contributed by atoms with Crippen molar-refractivity contribution in [3.63, 3.8) is 0 Å². The summed E-state index contributed by atoms with van der Waals surface area (Å²) in [6.07, 6.45) is 2.07. The van der Waals surface area contributed by atoms with Crippen molar-refractivity contribution in [2.24, 2.45) is 0 Å². The molecule has 1 aromatic carbocycles. The van der Waals surface area contributed by atoms with E-state index in [2.05, 4.69) is 25.0 Å². The Balaban J connectivity index is 0.00000289. The highest BCUT2D eigenvalue weighted by Gasteiger charge is 2.24. The maximum absolute atomic E-state index is 11.0. The maximum Gasteiger partial charge on any atom is 0.348 e. The lowest BCUT2D eigenvalue weighted by molar-refractivity contribution is -0.149. The molecular formula is C14H20ClNO2. The number of hydrogen-bond donors (Lipinski definition) is 1. The van der Waals surface area contributed by atoms with Crippen molar-refractivity contribution in [3.8, 4) is 0 Å². The highest BCUT2D eigenvalue weighted by molar-refractivity contribution is 5.85. The van der Waals surface area contributed by atoms with E-state index in [0.717, 1.165) is 18.1 Å². The molecule has 3 nitrogen and oxygen atoms in total. The number of carbonyl (C=O) groups excluding carboxylic acids is 1. The SMILES string of the molecule is C=CC(=O)ONC(C)(C)c1ccccc1CC.Cl. The topological polar surface area (TPSA) is 38.3 Å². The Morgan fingerprint density at radius 2 is 2.06 bits per heavy atom. The number of halogens is 1. The quantitative estimate of drug-likeness (QED) is 0.659. The van der Waals surface area contributed by atoms with Crippen molar-refractivity contribution in [2.75, 3.05) is 0 Å². The lowest BCUT2D eigenvalue weighted by atomic mass is 9.90. The van der Waals surface area contributed by atoms with Gasteiger partial charge < -0.3 is 4.84 Å². The first-order valence-electron chi connectivity index (χ1n) is 5.70. The van der Waals surface area contributed by atoms with E-state index in [4.69, 9.17) is 4.84 Å². The lowest BCUT2D eigenvalue weighted by Gasteiger charge is -2.27. The van der Waals surface area contributed by atoms with Crippen LogP contribution < -0.4 is 5.48 Å². The number of rotatable bonds is 5. The highest BCUT2D eigenvalue weighted by Crippen LogP contribution is 2.24. The molecule has 0 aliphatic heterocycles. The summed E-state index contributed by atoms with van der Waals surface area (Å²) in [4.78, 5) is 15.9. The molecule has 0 aliphatic carbocycles. The van der Waals surface area contributed by atoms with Crippen molar-refractivity contribution < 1.29 is 9.63 Å². The van der Waals surface area contributed by atoms with Gasteiger partial charge >= 0.3 is 5.97 Å². The van der Waals surface area contributed by atoms with Gasteiger partial charge in [0.1, 0.15) is 0 Å². The zero-order chi connectivity index (χ0) is 12.9. The van der Waals surface area contributed by atoms with Crippen LogP contribution in [0.3, 0.4) is 0 Å². The minimum absolute atomic E-state index is 0. The molecule has 0 heterocycles. The zero-order valence-electron chi connectivity index (χ0n) is 11.0. The first-order chi connectivity index (χ1) is 8.01. The molecule has 0 saturated carbocycles. The van der Waals surface area contributed by atoms with Gasteiger partial charge in [0.15, 0.2) is 0 Å². The molecule has 0 bridgehead atoms. The molecule has 1 rings (SSSR count). The van der Waals surface area contributed by atoms with E-state index in [1.54, 1.807) is 0 Å². The molecule has 0 saturated heterocycles. The molecule has 0 aliphatic rings. The summed E-state index contributed by atoms with van der Waals surface area (Å²) in [7, 11) is 0. The van der Waals surface area contributed by atoms with Crippen LogP contribution in [0.25, 0.3) is 0 Å². The maximum atomic E-state index is 11.0. The minimum Gasteiger partial charge on any atom is -0.366 e. The van der Waals surface area contributed by atoms with Gasteiger partial charge in [-0.3, -0.25) is 0 Å². The number of carbonyl (C=O) groups is 1. The fourth-order valence-corrected chi connectivity index (χ4v) is 1.71. The van der Waals surface area contributed by atoms with Crippen LogP contribution in [0.1, 0.15) is 31.9 Å². The van der Waals surface area contributed by atoms with Crippen molar-refractivity contribution in [2.45, 2.75) is 32.7 Å². The summed E-state index contributed by atoms with van der Waals surface area (Å²) in [6, 6.07) is 8.10. The van der Waals surface area contributed by atoms with E-state index in [1.165, 1.54) is 5.56 Å². The van der Waals surface area contributed by atoms with Gasteiger partial charge in [0.05, 0.1) is 5.54 Å². The monoisotopic (exact) mass is 269 g/mol. The highest BCUT2D eigenvalue weighted by atomic mass is 35.5. The predicted molar refractivity (Wildman–Crippen MR) is 75.5 cm³/mol. The second kappa shape index (κ2) is 7.19. The Bertz CT molecular complexity index is 416. The van der Waals surface area contributed by atoms with Gasteiger partial charge in [0.2, 0.25) is 0 Å². The first-order valence-corrected chi connectivity index (χ1v) is 5.70.